The van der Waals surface area contributed by atoms with Crippen LogP contribution in [0.15, 0.2) is 30.5 Å². The fraction of sp³-hybridized carbons (Fsp3) is 0.385. The molecule has 1 unspecified atom stereocenters. The molecule has 18 heavy (non-hydrogen) atoms. The van der Waals surface area contributed by atoms with E-state index in [4.69, 9.17) is 15.2 Å². The van der Waals surface area contributed by atoms with Gasteiger partial charge in [-0.05, 0) is 18.2 Å². The van der Waals surface area contributed by atoms with Gasteiger partial charge in [-0.15, -0.1) is 0 Å². The van der Waals surface area contributed by atoms with Crippen LogP contribution in [0, 0.1) is 0 Å². The molecule has 5 heteroatoms. The molecule has 1 rings (SSSR count). The maximum Gasteiger partial charge on any atom is 0.124 e. The summed E-state index contributed by atoms with van der Waals surface area (Å²) >= 11 is 0. The topological polar surface area (TPSA) is 76.7 Å². The van der Waals surface area contributed by atoms with Crippen LogP contribution in [0.4, 0.5) is 0 Å². The molecule has 100 valence electrons. The summed E-state index contributed by atoms with van der Waals surface area (Å²) in [6.45, 7) is 4.37. The predicted octanol–water partition coefficient (Wildman–Crippen LogP) is 0.799. The highest BCUT2D eigenvalue weighted by Gasteiger charge is 2.14. The van der Waals surface area contributed by atoms with E-state index in [2.05, 4.69) is 11.9 Å². The molecule has 0 aliphatic carbocycles. The second-order valence-corrected chi connectivity index (χ2v) is 3.81. The van der Waals surface area contributed by atoms with Crippen LogP contribution in [0.2, 0.25) is 0 Å². The third kappa shape index (κ3) is 3.65. The maximum atomic E-state index is 10.1. The van der Waals surface area contributed by atoms with Crippen molar-refractivity contribution in [1.82, 2.24) is 5.32 Å². The van der Waals surface area contributed by atoms with Crippen LogP contribution in [-0.2, 0) is 0 Å². The Hall–Kier alpha value is -1.72. The fourth-order valence-electron chi connectivity index (χ4n) is 1.52. The molecular weight excluding hydrogens is 232 g/mol. The summed E-state index contributed by atoms with van der Waals surface area (Å²) in [5.74, 6) is 1.28. The normalized spacial score (nSPS) is 11.8. The maximum absolute atomic E-state index is 10.1. The van der Waals surface area contributed by atoms with Crippen molar-refractivity contribution in [2.45, 2.75) is 6.10 Å². The number of ether oxygens (including phenoxy) is 2. The SMILES string of the molecule is C=C(CN)NCC(O)c1cc(OC)ccc1OC. The molecule has 0 saturated heterocycles. The van der Waals surface area contributed by atoms with Gasteiger partial charge in [-0.1, -0.05) is 6.58 Å². The molecule has 1 atom stereocenters. The van der Waals surface area contributed by atoms with Gasteiger partial charge in [-0.25, -0.2) is 0 Å². The van der Waals surface area contributed by atoms with Crippen molar-refractivity contribution in [2.75, 3.05) is 27.3 Å². The van der Waals surface area contributed by atoms with E-state index in [1.807, 2.05) is 0 Å². The molecule has 4 N–H and O–H groups in total. The highest BCUT2D eigenvalue weighted by molar-refractivity contribution is 5.41. The lowest BCUT2D eigenvalue weighted by Gasteiger charge is -2.17. The van der Waals surface area contributed by atoms with Crippen LogP contribution in [0.25, 0.3) is 0 Å². The van der Waals surface area contributed by atoms with Crippen molar-refractivity contribution < 1.29 is 14.6 Å². The van der Waals surface area contributed by atoms with Crippen molar-refractivity contribution in [2.24, 2.45) is 5.73 Å². The van der Waals surface area contributed by atoms with Crippen LogP contribution in [-0.4, -0.2) is 32.4 Å². The summed E-state index contributed by atoms with van der Waals surface area (Å²) in [4.78, 5) is 0. The molecule has 5 nitrogen and oxygen atoms in total. The van der Waals surface area contributed by atoms with Crippen molar-refractivity contribution in [3.63, 3.8) is 0 Å². The van der Waals surface area contributed by atoms with Gasteiger partial charge in [-0.3, -0.25) is 0 Å². The number of aliphatic hydroxyl groups is 1. The van der Waals surface area contributed by atoms with Gasteiger partial charge in [0.2, 0.25) is 0 Å². The van der Waals surface area contributed by atoms with Crippen LogP contribution in [0.1, 0.15) is 11.7 Å². The molecule has 0 aromatic heterocycles. The average molecular weight is 252 g/mol. The van der Waals surface area contributed by atoms with E-state index >= 15 is 0 Å². The minimum absolute atomic E-state index is 0.319. The Bertz CT molecular complexity index is 407. The third-order valence-electron chi connectivity index (χ3n) is 2.59. The summed E-state index contributed by atoms with van der Waals surface area (Å²) in [6, 6.07) is 5.28. The fourth-order valence-corrected chi connectivity index (χ4v) is 1.52. The van der Waals surface area contributed by atoms with Gasteiger partial charge >= 0.3 is 0 Å². The van der Waals surface area contributed by atoms with E-state index in [9.17, 15) is 5.11 Å². The average Bonchev–Trinajstić information content (AvgIpc) is 2.43. The monoisotopic (exact) mass is 252 g/mol. The van der Waals surface area contributed by atoms with Gasteiger partial charge in [0.25, 0.3) is 0 Å². The van der Waals surface area contributed by atoms with E-state index in [-0.39, 0.29) is 0 Å². The van der Waals surface area contributed by atoms with Crippen molar-refractivity contribution in [3.05, 3.63) is 36.0 Å². The van der Waals surface area contributed by atoms with Crippen molar-refractivity contribution >= 4 is 0 Å². The first-order chi connectivity index (χ1) is 8.62. The molecule has 0 radical (unpaired) electrons. The number of aliphatic hydroxyl groups excluding tert-OH is 1. The summed E-state index contributed by atoms with van der Waals surface area (Å²) in [7, 11) is 3.14. The van der Waals surface area contributed by atoms with E-state index in [0.717, 1.165) is 0 Å². The molecule has 0 aliphatic rings. The minimum atomic E-state index is -0.724. The Morgan fingerprint density at radius 3 is 2.72 bits per heavy atom. The molecule has 0 spiro atoms. The molecule has 0 fully saturated rings. The minimum Gasteiger partial charge on any atom is -0.497 e. The Labute approximate surface area is 107 Å². The largest absolute Gasteiger partial charge is 0.497 e. The number of nitrogens with two attached hydrogens (primary N) is 1. The zero-order chi connectivity index (χ0) is 13.5. The van der Waals surface area contributed by atoms with Crippen molar-refractivity contribution in [3.8, 4) is 11.5 Å². The zero-order valence-corrected chi connectivity index (χ0v) is 10.8. The quantitative estimate of drug-likeness (QED) is 0.669. The Morgan fingerprint density at radius 2 is 2.17 bits per heavy atom. The highest BCUT2D eigenvalue weighted by Crippen LogP contribution is 2.29. The number of benzene rings is 1. The first kappa shape index (κ1) is 14.3. The number of nitrogens with one attached hydrogen (secondary N) is 1. The summed E-state index contributed by atoms with van der Waals surface area (Å²) in [5.41, 5.74) is 6.75. The Kier molecular flexibility index (Phi) is 5.48. The van der Waals surface area contributed by atoms with E-state index < -0.39 is 6.10 Å². The standard InChI is InChI=1S/C13H20N2O3/c1-9(7-14)15-8-12(16)11-6-10(17-2)4-5-13(11)18-3/h4-6,12,15-16H,1,7-8,14H2,2-3H3. The van der Waals surface area contributed by atoms with Gasteiger partial charge in [-0.2, -0.15) is 0 Å². The lowest BCUT2D eigenvalue weighted by atomic mass is 10.1. The smallest absolute Gasteiger partial charge is 0.124 e. The first-order valence-electron chi connectivity index (χ1n) is 5.64. The van der Waals surface area contributed by atoms with Crippen LogP contribution < -0.4 is 20.5 Å². The zero-order valence-electron chi connectivity index (χ0n) is 10.8. The van der Waals surface area contributed by atoms with Crippen LogP contribution in [0.3, 0.4) is 0 Å². The van der Waals surface area contributed by atoms with Gasteiger partial charge in [0.15, 0.2) is 0 Å². The van der Waals surface area contributed by atoms with Crippen LogP contribution >= 0.6 is 0 Å². The lowest BCUT2D eigenvalue weighted by molar-refractivity contribution is 0.173. The Balaban J connectivity index is 2.82. The molecule has 0 bridgehead atoms. The van der Waals surface area contributed by atoms with Gasteiger partial charge < -0.3 is 25.6 Å². The summed E-state index contributed by atoms with van der Waals surface area (Å²) in [6.07, 6.45) is -0.724. The number of hydrogen-bond acceptors (Lipinski definition) is 5. The third-order valence-corrected chi connectivity index (χ3v) is 2.59. The number of methoxy groups -OCH3 is 2. The van der Waals surface area contributed by atoms with E-state index in [0.29, 0.717) is 35.8 Å². The summed E-state index contributed by atoms with van der Waals surface area (Å²) < 4.78 is 10.3. The predicted molar refractivity (Wildman–Crippen MR) is 70.7 cm³/mol. The van der Waals surface area contributed by atoms with Gasteiger partial charge in [0.05, 0.1) is 20.3 Å². The molecule has 0 heterocycles. The molecule has 0 amide bonds. The molecule has 0 saturated carbocycles. The van der Waals surface area contributed by atoms with Crippen LogP contribution in [0.5, 0.6) is 11.5 Å². The second-order valence-electron chi connectivity index (χ2n) is 3.81. The molecule has 1 aromatic carbocycles. The highest BCUT2D eigenvalue weighted by atomic mass is 16.5. The molecule has 0 aliphatic heterocycles. The summed E-state index contributed by atoms with van der Waals surface area (Å²) in [5, 5.41) is 13.1. The Morgan fingerprint density at radius 1 is 1.44 bits per heavy atom. The number of hydrogen-bond donors (Lipinski definition) is 3. The van der Waals surface area contributed by atoms with E-state index in [1.165, 1.54) is 0 Å². The van der Waals surface area contributed by atoms with Gasteiger partial charge in [0.1, 0.15) is 11.5 Å². The van der Waals surface area contributed by atoms with E-state index in [1.54, 1.807) is 32.4 Å². The van der Waals surface area contributed by atoms with Crippen molar-refractivity contribution in [1.29, 1.82) is 0 Å². The second kappa shape index (κ2) is 6.88. The lowest BCUT2D eigenvalue weighted by Crippen LogP contribution is -2.24. The molecule has 1 aromatic rings. The molecular formula is C13H20N2O3. The van der Waals surface area contributed by atoms with Gasteiger partial charge in [0, 0.05) is 24.4 Å². The first-order valence-corrected chi connectivity index (χ1v) is 5.64. The number of rotatable bonds is 7.